The predicted octanol–water partition coefficient (Wildman–Crippen LogP) is 4.85. The molecule has 122 valence electrons. The molecule has 0 aliphatic carbocycles. The van der Waals surface area contributed by atoms with E-state index in [1.165, 1.54) is 11.3 Å². The van der Waals surface area contributed by atoms with Crippen LogP contribution in [0.5, 0.6) is 5.75 Å². The van der Waals surface area contributed by atoms with Crippen LogP contribution in [-0.4, -0.2) is 17.5 Å². The van der Waals surface area contributed by atoms with E-state index in [1.54, 1.807) is 5.51 Å². The lowest BCUT2D eigenvalue weighted by Crippen LogP contribution is -2.12. The third kappa shape index (κ3) is 3.63. The maximum absolute atomic E-state index is 12.7. The molecule has 3 aromatic rings. The van der Waals surface area contributed by atoms with Crippen LogP contribution >= 0.6 is 11.3 Å². The van der Waals surface area contributed by atoms with Crippen LogP contribution < -0.4 is 10.1 Å². The monoisotopic (exact) mass is 338 g/mol. The number of ether oxygens (including phenoxy) is 1. The first-order chi connectivity index (χ1) is 11.8. The van der Waals surface area contributed by atoms with Crippen LogP contribution in [-0.2, 0) is 0 Å². The number of anilines is 1. The van der Waals surface area contributed by atoms with Crippen molar-refractivity contribution in [2.24, 2.45) is 0 Å². The molecule has 1 heterocycles. The van der Waals surface area contributed by atoms with Gasteiger partial charge >= 0.3 is 0 Å². The summed E-state index contributed by atoms with van der Waals surface area (Å²) in [4.78, 5) is 17.6. The highest BCUT2D eigenvalue weighted by Gasteiger charge is 2.17. The number of nitrogens with one attached hydrogen (secondary N) is 1. The van der Waals surface area contributed by atoms with Gasteiger partial charge in [-0.1, -0.05) is 49.4 Å². The molecule has 4 nitrogen and oxygen atoms in total. The van der Waals surface area contributed by atoms with E-state index in [-0.39, 0.29) is 5.91 Å². The first-order valence-electron chi connectivity index (χ1n) is 7.81. The number of thiazole rings is 1. The predicted molar refractivity (Wildman–Crippen MR) is 97.7 cm³/mol. The van der Waals surface area contributed by atoms with E-state index in [0.717, 1.165) is 12.0 Å². The van der Waals surface area contributed by atoms with Gasteiger partial charge in [0.05, 0.1) is 23.5 Å². The van der Waals surface area contributed by atoms with Crippen LogP contribution in [0, 0.1) is 0 Å². The Morgan fingerprint density at radius 2 is 1.88 bits per heavy atom. The van der Waals surface area contributed by atoms with Crippen molar-refractivity contribution in [2.45, 2.75) is 13.3 Å². The molecule has 0 aliphatic heterocycles. The Morgan fingerprint density at radius 1 is 1.12 bits per heavy atom. The molecule has 1 amide bonds. The van der Waals surface area contributed by atoms with Gasteiger partial charge in [0.2, 0.25) is 0 Å². The smallest absolute Gasteiger partial charge is 0.268 e. The Morgan fingerprint density at radius 3 is 2.67 bits per heavy atom. The van der Waals surface area contributed by atoms with Gasteiger partial charge in [0.25, 0.3) is 5.91 Å². The lowest BCUT2D eigenvalue weighted by molar-refractivity contribution is 0.103. The fourth-order valence-corrected chi connectivity index (χ4v) is 3.00. The fourth-order valence-electron chi connectivity index (χ4n) is 2.30. The first-order valence-corrected chi connectivity index (χ1v) is 8.69. The molecule has 0 spiro atoms. The standard InChI is InChI=1S/C19H18N2O2S/c1-2-12-23-16-11-7-6-10-15(16)21-19(22)18-17(20-13-24-18)14-8-4-3-5-9-14/h3-11,13H,2,12H2,1H3,(H,21,22). The number of amides is 1. The van der Waals surface area contributed by atoms with Crippen molar-refractivity contribution in [2.75, 3.05) is 11.9 Å². The van der Waals surface area contributed by atoms with Gasteiger partial charge in [0.1, 0.15) is 10.6 Å². The zero-order chi connectivity index (χ0) is 16.8. The second kappa shape index (κ2) is 7.75. The van der Waals surface area contributed by atoms with Gasteiger partial charge < -0.3 is 10.1 Å². The van der Waals surface area contributed by atoms with E-state index < -0.39 is 0 Å². The van der Waals surface area contributed by atoms with Gasteiger partial charge in [-0.05, 0) is 18.6 Å². The van der Waals surface area contributed by atoms with Gasteiger partial charge in [0, 0.05) is 5.56 Å². The zero-order valence-electron chi connectivity index (χ0n) is 13.4. The minimum atomic E-state index is -0.177. The highest BCUT2D eigenvalue weighted by Crippen LogP contribution is 2.28. The summed E-state index contributed by atoms with van der Waals surface area (Å²) in [6, 6.07) is 17.2. The molecule has 1 N–H and O–H groups in total. The molecule has 0 aliphatic rings. The van der Waals surface area contributed by atoms with Crippen LogP contribution in [0.4, 0.5) is 5.69 Å². The summed E-state index contributed by atoms with van der Waals surface area (Å²) in [6.07, 6.45) is 0.912. The van der Waals surface area contributed by atoms with Crippen molar-refractivity contribution >= 4 is 22.9 Å². The molecule has 1 aromatic heterocycles. The number of nitrogens with zero attached hydrogens (tertiary/aromatic N) is 1. The Labute approximate surface area is 145 Å². The summed E-state index contributed by atoms with van der Waals surface area (Å²) in [5, 5.41) is 2.94. The zero-order valence-corrected chi connectivity index (χ0v) is 14.2. The van der Waals surface area contributed by atoms with Crippen molar-refractivity contribution in [3.05, 3.63) is 65.0 Å². The molecule has 5 heteroatoms. The Bertz CT molecular complexity index is 815. The third-order valence-electron chi connectivity index (χ3n) is 3.42. The first kappa shape index (κ1) is 16.2. The molecule has 0 bridgehead atoms. The van der Waals surface area contributed by atoms with Crippen LogP contribution in [0.25, 0.3) is 11.3 Å². The number of hydrogen-bond donors (Lipinski definition) is 1. The lowest BCUT2D eigenvalue weighted by atomic mass is 10.1. The van der Waals surface area contributed by atoms with Crippen LogP contribution in [0.1, 0.15) is 23.0 Å². The van der Waals surface area contributed by atoms with Crippen molar-refractivity contribution in [1.82, 2.24) is 4.98 Å². The van der Waals surface area contributed by atoms with Crippen molar-refractivity contribution < 1.29 is 9.53 Å². The van der Waals surface area contributed by atoms with E-state index in [9.17, 15) is 4.79 Å². The summed E-state index contributed by atoms with van der Waals surface area (Å²) in [5.41, 5.74) is 3.99. The number of carbonyl (C=O) groups is 1. The number of aromatic nitrogens is 1. The van der Waals surface area contributed by atoms with Crippen LogP contribution in [0.3, 0.4) is 0 Å². The average Bonchev–Trinajstić information content (AvgIpc) is 3.11. The van der Waals surface area contributed by atoms with Gasteiger partial charge in [-0.2, -0.15) is 0 Å². The molecule has 2 aromatic carbocycles. The summed E-state index contributed by atoms with van der Waals surface area (Å²) in [5.74, 6) is 0.502. The van der Waals surface area contributed by atoms with E-state index in [1.807, 2.05) is 61.5 Å². The SMILES string of the molecule is CCCOc1ccccc1NC(=O)c1scnc1-c1ccccc1. The van der Waals surface area contributed by atoms with Gasteiger partial charge in [-0.15, -0.1) is 11.3 Å². The van der Waals surface area contributed by atoms with Gasteiger partial charge in [0.15, 0.2) is 0 Å². The summed E-state index contributed by atoms with van der Waals surface area (Å²) in [7, 11) is 0. The fraction of sp³-hybridized carbons (Fsp3) is 0.158. The maximum Gasteiger partial charge on any atom is 0.268 e. The van der Waals surface area contributed by atoms with Crippen LogP contribution in [0.2, 0.25) is 0 Å². The molecular weight excluding hydrogens is 320 g/mol. The lowest BCUT2D eigenvalue weighted by Gasteiger charge is -2.11. The van der Waals surface area contributed by atoms with E-state index in [2.05, 4.69) is 10.3 Å². The number of hydrogen-bond acceptors (Lipinski definition) is 4. The second-order valence-electron chi connectivity index (χ2n) is 5.19. The maximum atomic E-state index is 12.7. The minimum Gasteiger partial charge on any atom is -0.491 e. The normalized spacial score (nSPS) is 10.4. The average molecular weight is 338 g/mol. The molecule has 3 rings (SSSR count). The number of benzene rings is 2. The molecule has 0 radical (unpaired) electrons. The van der Waals surface area contributed by atoms with Crippen molar-refractivity contribution in [3.63, 3.8) is 0 Å². The van der Waals surface area contributed by atoms with Gasteiger partial charge in [-0.3, -0.25) is 4.79 Å². The number of rotatable bonds is 6. The molecule has 0 fully saturated rings. The van der Waals surface area contributed by atoms with Crippen LogP contribution in [0.15, 0.2) is 60.1 Å². The van der Waals surface area contributed by atoms with E-state index in [0.29, 0.717) is 28.6 Å². The van der Waals surface area contributed by atoms with Crippen molar-refractivity contribution in [1.29, 1.82) is 0 Å². The largest absolute Gasteiger partial charge is 0.491 e. The Balaban J connectivity index is 1.83. The summed E-state index contributed by atoms with van der Waals surface area (Å²) < 4.78 is 5.69. The minimum absolute atomic E-state index is 0.177. The molecule has 0 atom stereocenters. The highest BCUT2D eigenvalue weighted by molar-refractivity contribution is 7.12. The van der Waals surface area contributed by atoms with E-state index in [4.69, 9.17) is 4.74 Å². The summed E-state index contributed by atoms with van der Waals surface area (Å²) in [6.45, 7) is 2.66. The second-order valence-corrected chi connectivity index (χ2v) is 6.05. The molecule has 0 unspecified atom stereocenters. The third-order valence-corrected chi connectivity index (χ3v) is 4.24. The molecule has 24 heavy (non-hydrogen) atoms. The Hall–Kier alpha value is -2.66. The molecule has 0 saturated heterocycles. The summed E-state index contributed by atoms with van der Waals surface area (Å²) >= 11 is 1.33. The quantitative estimate of drug-likeness (QED) is 0.699. The topological polar surface area (TPSA) is 51.2 Å². The van der Waals surface area contributed by atoms with Gasteiger partial charge in [-0.25, -0.2) is 4.98 Å². The number of carbonyl (C=O) groups excluding carboxylic acids is 1. The highest BCUT2D eigenvalue weighted by atomic mass is 32.1. The van der Waals surface area contributed by atoms with Crippen molar-refractivity contribution in [3.8, 4) is 17.0 Å². The molecule has 0 saturated carbocycles. The molecular formula is C19H18N2O2S. The van der Waals surface area contributed by atoms with E-state index >= 15 is 0 Å². The Kier molecular flexibility index (Phi) is 5.23. The number of para-hydroxylation sites is 2.